The number of aryl methyl sites for hydroxylation is 1. The molecule has 1 N–H and O–H groups in total. The summed E-state index contributed by atoms with van der Waals surface area (Å²) in [6, 6.07) is 5.39. The van der Waals surface area contributed by atoms with Gasteiger partial charge in [0, 0.05) is 19.4 Å². The van der Waals surface area contributed by atoms with E-state index in [2.05, 4.69) is 15.3 Å². The number of fused-ring (bicyclic) bond motifs is 2. The largest absolute Gasteiger partial charge is 0.323 e. The van der Waals surface area contributed by atoms with Crippen molar-refractivity contribution in [3.05, 3.63) is 41.7 Å². The molecule has 0 aliphatic carbocycles. The van der Waals surface area contributed by atoms with E-state index < -0.39 is 0 Å². The molecule has 0 unspecified atom stereocenters. The average molecular weight is 300 g/mol. The van der Waals surface area contributed by atoms with E-state index in [1.807, 2.05) is 40.7 Å². The van der Waals surface area contributed by atoms with Gasteiger partial charge in [-0.1, -0.05) is 27.7 Å². The molecule has 5 nitrogen and oxygen atoms in total. The monoisotopic (exact) mass is 300 g/mol. The van der Waals surface area contributed by atoms with Crippen LogP contribution in [0.5, 0.6) is 0 Å². The molecular weight excluding hydrogens is 276 g/mol. The van der Waals surface area contributed by atoms with Gasteiger partial charge in [-0.3, -0.25) is 4.79 Å². The van der Waals surface area contributed by atoms with Crippen LogP contribution in [-0.4, -0.2) is 22.9 Å². The maximum Gasteiger partial charge on any atom is 0.261 e. The molecule has 1 aliphatic rings. The standard InChI is InChI=1S/C13H12N4O.2C2H6/c1-8-5-7-15-12-10(8)17(2)13(18)9-4-3-6-14-11(9)16-12;2*1-2/h3-7H,1-2H3,(H,14,15,16);2*1-2H3. The number of nitrogens with zero attached hydrogens (tertiary/aromatic N) is 3. The summed E-state index contributed by atoms with van der Waals surface area (Å²) in [4.78, 5) is 22.5. The summed E-state index contributed by atoms with van der Waals surface area (Å²) in [6.45, 7) is 9.95. The first kappa shape index (κ1) is 17.6. The van der Waals surface area contributed by atoms with Crippen LogP contribution in [0.1, 0.15) is 43.6 Å². The summed E-state index contributed by atoms with van der Waals surface area (Å²) >= 11 is 0. The van der Waals surface area contributed by atoms with E-state index in [9.17, 15) is 4.79 Å². The molecule has 5 heteroatoms. The van der Waals surface area contributed by atoms with Crippen molar-refractivity contribution in [2.24, 2.45) is 0 Å². The second-order valence-electron chi connectivity index (χ2n) is 4.21. The molecule has 0 aromatic carbocycles. The Hall–Kier alpha value is -2.43. The highest BCUT2D eigenvalue weighted by Crippen LogP contribution is 2.34. The maximum absolute atomic E-state index is 12.4. The van der Waals surface area contributed by atoms with E-state index in [1.54, 1.807) is 36.5 Å². The first-order valence-corrected chi connectivity index (χ1v) is 7.64. The van der Waals surface area contributed by atoms with Gasteiger partial charge in [0.2, 0.25) is 0 Å². The van der Waals surface area contributed by atoms with Crippen molar-refractivity contribution in [2.75, 3.05) is 17.3 Å². The predicted octanol–water partition coefficient (Wildman–Crippen LogP) is 4.17. The minimum atomic E-state index is -0.0829. The molecule has 2 aromatic heterocycles. The van der Waals surface area contributed by atoms with Gasteiger partial charge >= 0.3 is 0 Å². The zero-order valence-corrected chi connectivity index (χ0v) is 14.1. The third kappa shape index (κ3) is 3.24. The van der Waals surface area contributed by atoms with Crippen molar-refractivity contribution in [1.29, 1.82) is 0 Å². The number of hydrogen-bond donors (Lipinski definition) is 1. The number of nitrogens with one attached hydrogen (secondary N) is 1. The number of aromatic nitrogens is 2. The van der Waals surface area contributed by atoms with Crippen molar-refractivity contribution < 1.29 is 4.79 Å². The highest BCUT2D eigenvalue weighted by molar-refractivity contribution is 6.12. The van der Waals surface area contributed by atoms with Gasteiger partial charge < -0.3 is 10.2 Å². The Kier molecular flexibility index (Phi) is 6.50. The van der Waals surface area contributed by atoms with Gasteiger partial charge in [0.25, 0.3) is 5.91 Å². The normalized spacial score (nSPS) is 11.5. The predicted molar refractivity (Wildman–Crippen MR) is 91.9 cm³/mol. The molecule has 22 heavy (non-hydrogen) atoms. The van der Waals surface area contributed by atoms with Crippen LogP contribution in [0.2, 0.25) is 0 Å². The van der Waals surface area contributed by atoms with Gasteiger partial charge in [-0.25, -0.2) is 9.97 Å². The molecule has 3 heterocycles. The molecule has 0 radical (unpaired) electrons. The second kappa shape index (κ2) is 8.12. The van der Waals surface area contributed by atoms with E-state index in [-0.39, 0.29) is 5.91 Å². The minimum Gasteiger partial charge on any atom is -0.323 e. The van der Waals surface area contributed by atoms with Crippen LogP contribution >= 0.6 is 0 Å². The molecule has 0 saturated carbocycles. The molecule has 2 aromatic rings. The summed E-state index contributed by atoms with van der Waals surface area (Å²) in [5, 5.41) is 3.12. The van der Waals surface area contributed by atoms with E-state index in [4.69, 9.17) is 0 Å². The van der Waals surface area contributed by atoms with Gasteiger partial charge in [0.15, 0.2) is 5.82 Å². The highest BCUT2D eigenvalue weighted by atomic mass is 16.2. The maximum atomic E-state index is 12.4. The second-order valence-corrected chi connectivity index (χ2v) is 4.21. The first-order chi connectivity index (χ1) is 10.7. The molecule has 3 rings (SSSR count). The van der Waals surface area contributed by atoms with Gasteiger partial charge in [-0.2, -0.15) is 0 Å². The van der Waals surface area contributed by atoms with Crippen LogP contribution in [0.15, 0.2) is 30.6 Å². The number of carbonyl (C=O) groups excluding carboxylic acids is 1. The fourth-order valence-corrected chi connectivity index (χ4v) is 2.14. The van der Waals surface area contributed by atoms with Crippen LogP contribution in [-0.2, 0) is 0 Å². The van der Waals surface area contributed by atoms with Crippen molar-refractivity contribution in [1.82, 2.24) is 9.97 Å². The molecule has 1 amide bonds. The fraction of sp³-hybridized carbons (Fsp3) is 0.353. The van der Waals surface area contributed by atoms with Crippen LogP contribution < -0.4 is 10.2 Å². The third-order valence-corrected chi connectivity index (χ3v) is 3.04. The average Bonchev–Trinajstić information content (AvgIpc) is 2.68. The molecule has 0 spiro atoms. The Morgan fingerprint density at radius 1 is 1.00 bits per heavy atom. The Morgan fingerprint density at radius 2 is 1.64 bits per heavy atom. The number of rotatable bonds is 0. The quantitative estimate of drug-likeness (QED) is 0.793. The van der Waals surface area contributed by atoms with Crippen molar-refractivity contribution in [3.8, 4) is 0 Å². The number of anilines is 3. The summed E-state index contributed by atoms with van der Waals surface area (Å²) in [5.74, 6) is 1.12. The van der Waals surface area contributed by atoms with Gasteiger partial charge in [0.05, 0.1) is 11.3 Å². The lowest BCUT2D eigenvalue weighted by Crippen LogP contribution is -2.26. The van der Waals surface area contributed by atoms with Crippen LogP contribution in [0.3, 0.4) is 0 Å². The summed E-state index contributed by atoms with van der Waals surface area (Å²) in [6.07, 6.45) is 3.37. The van der Waals surface area contributed by atoms with Gasteiger partial charge in [-0.05, 0) is 30.7 Å². The molecule has 0 bridgehead atoms. The Balaban J connectivity index is 0.000000561. The molecule has 0 saturated heterocycles. The van der Waals surface area contributed by atoms with Crippen molar-refractivity contribution >= 4 is 23.2 Å². The number of amides is 1. The minimum absolute atomic E-state index is 0.0829. The van der Waals surface area contributed by atoms with Gasteiger partial charge in [-0.15, -0.1) is 0 Å². The molecule has 118 valence electrons. The van der Waals surface area contributed by atoms with Crippen LogP contribution in [0, 0.1) is 6.92 Å². The molecule has 0 fully saturated rings. The zero-order valence-electron chi connectivity index (χ0n) is 14.1. The van der Waals surface area contributed by atoms with Gasteiger partial charge in [0.1, 0.15) is 5.82 Å². The Labute approximate surface area is 132 Å². The number of pyridine rings is 2. The molecular formula is C17H24N4O. The van der Waals surface area contributed by atoms with Crippen molar-refractivity contribution in [3.63, 3.8) is 0 Å². The van der Waals surface area contributed by atoms with Crippen molar-refractivity contribution in [2.45, 2.75) is 34.6 Å². The Morgan fingerprint density at radius 3 is 2.32 bits per heavy atom. The van der Waals surface area contributed by atoms with E-state index in [0.29, 0.717) is 17.2 Å². The lowest BCUT2D eigenvalue weighted by molar-refractivity contribution is 0.0994. The topological polar surface area (TPSA) is 58.1 Å². The van der Waals surface area contributed by atoms with Crippen LogP contribution in [0.25, 0.3) is 0 Å². The third-order valence-electron chi connectivity index (χ3n) is 3.04. The SMILES string of the molecule is CC.CC.Cc1ccnc2c1N(C)C(=O)c1cccnc1N2. The van der Waals surface area contributed by atoms with E-state index in [1.165, 1.54) is 0 Å². The lowest BCUT2D eigenvalue weighted by Gasteiger charge is -2.18. The summed E-state index contributed by atoms with van der Waals surface area (Å²) in [7, 11) is 1.75. The van der Waals surface area contributed by atoms with E-state index >= 15 is 0 Å². The summed E-state index contributed by atoms with van der Waals surface area (Å²) < 4.78 is 0. The summed E-state index contributed by atoms with van der Waals surface area (Å²) in [5.41, 5.74) is 2.34. The van der Waals surface area contributed by atoms with E-state index in [0.717, 1.165) is 11.3 Å². The zero-order chi connectivity index (χ0) is 16.7. The Bertz CT molecular complexity index is 640. The fourth-order valence-electron chi connectivity index (χ4n) is 2.14. The lowest BCUT2D eigenvalue weighted by atomic mass is 10.2. The first-order valence-electron chi connectivity index (χ1n) is 7.64. The molecule has 0 atom stereocenters. The molecule has 1 aliphatic heterocycles. The number of carbonyl (C=O) groups is 1. The highest BCUT2D eigenvalue weighted by Gasteiger charge is 2.26. The van der Waals surface area contributed by atoms with Crippen LogP contribution in [0.4, 0.5) is 17.3 Å². The smallest absolute Gasteiger partial charge is 0.261 e. The number of hydrogen-bond acceptors (Lipinski definition) is 4.